The molecule has 1 N–H and O–H groups in total. The smallest absolute Gasteiger partial charge is 0.243 e. The zero-order valence-electron chi connectivity index (χ0n) is 10.8. The number of amides is 1. The molecule has 1 aliphatic carbocycles. The van der Waals surface area contributed by atoms with Crippen LogP contribution in [-0.2, 0) is 14.8 Å². The first-order valence-corrected chi connectivity index (χ1v) is 8.62. The van der Waals surface area contributed by atoms with E-state index in [4.69, 9.17) is 11.6 Å². The monoisotopic (exact) mass is 380 g/mol. The molecule has 1 fully saturated rings. The van der Waals surface area contributed by atoms with Crippen LogP contribution in [0.4, 0.5) is 0 Å². The van der Waals surface area contributed by atoms with Crippen molar-refractivity contribution in [1.29, 1.82) is 0 Å². The van der Waals surface area contributed by atoms with Gasteiger partial charge in [-0.3, -0.25) is 4.79 Å². The molecule has 5 nitrogen and oxygen atoms in total. The maximum Gasteiger partial charge on any atom is 0.243 e. The van der Waals surface area contributed by atoms with E-state index in [0.29, 0.717) is 9.50 Å². The summed E-state index contributed by atoms with van der Waals surface area (Å²) in [5.41, 5.74) is 0. The van der Waals surface area contributed by atoms with Crippen LogP contribution in [0.1, 0.15) is 12.8 Å². The molecule has 1 saturated carbocycles. The quantitative estimate of drug-likeness (QED) is 0.848. The van der Waals surface area contributed by atoms with Crippen molar-refractivity contribution in [2.75, 3.05) is 13.6 Å². The Labute approximate surface area is 131 Å². The van der Waals surface area contributed by atoms with Crippen LogP contribution in [0.2, 0.25) is 5.02 Å². The van der Waals surface area contributed by atoms with Crippen LogP contribution >= 0.6 is 27.5 Å². The van der Waals surface area contributed by atoms with Gasteiger partial charge in [0.2, 0.25) is 15.9 Å². The molecule has 1 aromatic carbocycles. The maximum atomic E-state index is 12.3. The minimum atomic E-state index is -3.70. The summed E-state index contributed by atoms with van der Waals surface area (Å²) in [6.45, 7) is -0.195. The summed E-state index contributed by atoms with van der Waals surface area (Å²) in [7, 11) is -2.33. The Bertz CT molecular complexity index is 632. The van der Waals surface area contributed by atoms with Crippen LogP contribution in [0.15, 0.2) is 27.6 Å². The topological polar surface area (TPSA) is 66.5 Å². The van der Waals surface area contributed by atoms with Gasteiger partial charge < -0.3 is 5.32 Å². The predicted molar refractivity (Wildman–Crippen MR) is 80.1 cm³/mol. The second kappa shape index (κ2) is 6.01. The molecule has 20 heavy (non-hydrogen) atoms. The minimum Gasteiger partial charge on any atom is -0.352 e. The predicted octanol–water partition coefficient (Wildman–Crippen LogP) is 2.00. The number of halogens is 2. The van der Waals surface area contributed by atoms with Gasteiger partial charge >= 0.3 is 0 Å². The Morgan fingerprint density at radius 1 is 1.50 bits per heavy atom. The van der Waals surface area contributed by atoms with Crippen molar-refractivity contribution >= 4 is 43.5 Å². The lowest BCUT2D eigenvalue weighted by Gasteiger charge is -2.17. The highest BCUT2D eigenvalue weighted by atomic mass is 79.9. The standard InChI is InChI=1S/C12H14BrClN2O3S/c1-16(7-12(17)15-8-2-3-8)20(18,19)9-4-5-11(14)10(13)6-9/h4-6,8H,2-3,7H2,1H3,(H,15,17). The average Bonchev–Trinajstić information content (AvgIpc) is 3.16. The van der Waals surface area contributed by atoms with Crippen LogP contribution in [-0.4, -0.2) is 38.3 Å². The number of hydrogen-bond donors (Lipinski definition) is 1. The number of rotatable bonds is 5. The van der Waals surface area contributed by atoms with Gasteiger partial charge in [-0.15, -0.1) is 0 Å². The average molecular weight is 382 g/mol. The van der Waals surface area contributed by atoms with E-state index in [1.54, 1.807) is 0 Å². The van der Waals surface area contributed by atoms with E-state index in [0.717, 1.165) is 17.1 Å². The maximum absolute atomic E-state index is 12.3. The first kappa shape index (κ1) is 15.8. The van der Waals surface area contributed by atoms with Gasteiger partial charge in [0.25, 0.3) is 0 Å². The Balaban J connectivity index is 2.11. The molecule has 0 heterocycles. The fourth-order valence-electron chi connectivity index (χ4n) is 1.61. The first-order valence-electron chi connectivity index (χ1n) is 6.01. The first-order chi connectivity index (χ1) is 9.30. The molecule has 1 aromatic rings. The zero-order chi connectivity index (χ0) is 14.9. The van der Waals surface area contributed by atoms with E-state index < -0.39 is 10.0 Å². The third-order valence-electron chi connectivity index (χ3n) is 2.91. The van der Waals surface area contributed by atoms with E-state index in [-0.39, 0.29) is 23.4 Å². The number of nitrogens with one attached hydrogen (secondary N) is 1. The Hall–Kier alpha value is -0.630. The van der Waals surface area contributed by atoms with Gasteiger partial charge in [0.1, 0.15) is 0 Å². The summed E-state index contributed by atoms with van der Waals surface area (Å²) >= 11 is 9.02. The molecule has 1 amide bonds. The largest absolute Gasteiger partial charge is 0.352 e. The Morgan fingerprint density at radius 3 is 2.70 bits per heavy atom. The molecule has 0 radical (unpaired) electrons. The van der Waals surface area contributed by atoms with Crippen LogP contribution in [0, 0.1) is 0 Å². The van der Waals surface area contributed by atoms with Gasteiger partial charge in [-0.25, -0.2) is 8.42 Å². The van der Waals surface area contributed by atoms with Gasteiger partial charge in [0.15, 0.2) is 0 Å². The molecule has 0 unspecified atom stereocenters. The van der Waals surface area contributed by atoms with Crippen molar-refractivity contribution in [3.05, 3.63) is 27.7 Å². The number of carbonyl (C=O) groups excluding carboxylic acids is 1. The van der Waals surface area contributed by atoms with Crippen molar-refractivity contribution in [3.63, 3.8) is 0 Å². The van der Waals surface area contributed by atoms with E-state index in [1.807, 2.05) is 0 Å². The van der Waals surface area contributed by atoms with E-state index in [1.165, 1.54) is 25.2 Å². The molecule has 8 heteroatoms. The number of sulfonamides is 1. The van der Waals surface area contributed by atoms with E-state index in [2.05, 4.69) is 21.2 Å². The summed E-state index contributed by atoms with van der Waals surface area (Å²) in [5, 5.41) is 3.18. The summed E-state index contributed by atoms with van der Waals surface area (Å²) in [5.74, 6) is -0.286. The molecule has 2 rings (SSSR count). The molecular weight excluding hydrogens is 368 g/mol. The number of benzene rings is 1. The van der Waals surface area contributed by atoms with Gasteiger partial charge in [-0.1, -0.05) is 11.6 Å². The number of likely N-dealkylation sites (N-methyl/N-ethyl adjacent to an activating group) is 1. The van der Waals surface area contributed by atoms with Crippen LogP contribution < -0.4 is 5.32 Å². The summed E-state index contributed by atoms with van der Waals surface area (Å²) in [6, 6.07) is 4.55. The Kier molecular flexibility index (Phi) is 4.73. The molecule has 0 spiro atoms. The molecule has 0 atom stereocenters. The second-order valence-corrected chi connectivity index (χ2v) is 7.99. The molecule has 0 aromatic heterocycles. The van der Waals surface area contributed by atoms with E-state index >= 15 is 0 Å². The normalized spacial score (nSPS) is 15.4. The lowest BCUT2D eigenvalue weighted by Crippen LogP contribution is -2.39. The number of hydrogen-bond acceptors (Lipinski definition) is 3. The van der Waals surface area contributed by atoms with Crippen LogP contribution in [0.5, 0.6) is 0 Å². The molecule has 0 saturated heterocycles. The SMILES string of the molecule is CN(CC(=O)NC1CC1)S(=O)(=O)c1ccc(Cl)c(Br)c1. The number of carbonyl (C=O) groups is 1. The molecular formula is C12H14BrClN2O3S. The molecule has 0 aliphatic heterocycles. The Morgan fingerprint density at radius 2 is 2.15 bits per heavy atom. The summed E-state index contributed by atoms with van der Waals surface area (Å²) < 4.78 is 26.2. The lowest BCUT2D eigenvalue weighted by atomic mass is 10.4. The summed E-state index contributed by atoms with van der Waals surface area (Å²) in [6.07, 6.45) is 1.93. The van der Waals surface area contributed by atoms with Crippen LogP contribution in [0.3, 0.4) is 0 Å². The highest BCUT2D eigenvalue weighted by molar-refractivity contribution is 9.10. The van der Waals surface area contributed by atoms with Crippen molar-refractivity contribution in [1.82, 2.24) is 9.62 Å². The minimum absolute atomic E-state index is 0.0931. The fourth-order valence-corrected chi connectivity index (χ4v) is 3.41. The highest BCUT2D eigenvalue weighted by Gasteiger charge is 2.27. The molecule has 110 valence electrons. The molecule has 0 bridgehead atoms. The van der Waals surface area contributed by atoms with E-state index in [9.17, 15) is 13.2 Å². The van der Waals surface area contributed by atoms with Gasteiger partial charge in [-0.2, -0.15) is 4.31 Å². The van der Waals surface area contributed by atoms with Gasteiger partial charge in [0, 0.05) is 17.6 Å². The third kappa shape index (κ3) is 3.72. The zero-order valence-corrected chi connectivity index (χ0v) is 13.9. The van der Waals surface area contributed by atoms with Gasteiger partial charge in [-0.05, 0) is 47.0 Å². The van der Waals surface area contributed by atoms with Crippen molar-refractivity contribution in [3.8, 4) is 0 Å². The lowest BCUT2D eigenvalue weighted by molar-refractivity contribution is -0.121. The third-order valence-corrected chi connectivity index (χ3v) is 5.92. The fraction of sp³-hybridized carbons (Fsp3) is 0.417. The van der Waals surface area contributed by atoms with Crippen LogP contribution in [0.25, 0.3) is 0 Å². The number of nitrogens with zero attached hydrogens (tertiary/aromatic N) is 1. The van der Waals surface area contributed by atoms with Gasteiger partial charge in [0.05, 0.1) is 16.5 Å². The van der Waals surface area contributed by atoms with Crippen molar-refractivity contribution < 1.29 is 13.2 Å². The van der Waals surface area contributed by atoms with Crippen molar-refractivity contribution in [2.45, 2.75) is 23.8 Å². The molecule has 1 aliphatic rings. The highest BCUT2D eigenvalue weighted by Crippen LogP contribution is 2.26. The van der Waals surface area contributed by atoms with Crippen molar-refractivity contribution in [2.24, 2.45) is 0 Å². The second-order valence-electron chi connectivity index (χ2n) is 4.68. The summed E-state index contributed by atoms with van der Waals surface area (Å²) in [4.78, 5) is 11.7.